The molecule has 0 aliphatic heterocycles. The van der Waals surface area contributed by atoms with Crippen LogP contribution >= 0.6 is 0 Å². The molecule has 1 heterocycles. The Balaban J connectivity index is 1.71. The largest absolute Gasteiger partial charge is 0.494 e. The third kappa shape index (κ3) is 7.48. The van der Waals surface area contributed by atoms with Gasteiger partial charge in [0.05, 0.1) is 13.2 Å². The summed E-state index contributed by atoms with van der Waals surface area (Å²) in [5, 5.41) is 0. The Morgan fingerprint density at radius 1 is 0.939 bits per heavy atom. The van der Waals surface area contributed by atoms with E-state index in [4.69, 9.17) is 4.74 Å². The first-order valence-electron chi connectivity index (χ1n) is 12.0. The van der Waals surface area contributed by atoms with E-state index in [1.165, 1.54) is 12.1 Å². The minimum Gasteiger partial charge on any atom is -0.494 e. The Kier molecular flexibility index (Phi) is 9.55. The third-order valence-corrected chi connectivity index (χ3v) is 5.73. The van der Waals surface area contributed by atoms with Gasteiger partial charge in [0.25, 0.3) is 5.91 Å². The van der Waals surface area contributed by atoms with Crippen LogP contribution in [0.5, 0.6) is 5.75 Å². The molecule has 1 aromatic heterocycles. The summed E-state index contributed by atoms with van der Waals surface area (Å²) in [6.07, 6.45) is 7.28. The van der Waals surface area contributed by atoms with Crippen molar-refractivity contribution < 1.29 is 13.9 Å². The second-order valence-electron chi connectivity index (χ2n) is 8.41. The van der Waals surface area contributed by atoms with Crippen LogP contribution in [0.3, 0.4) is 0 Å². The third-order valence-electron chi connectivity index (χ3n) is 5.73. The molecule has 0 spiro atoms. The molecule has 0 aliphatic carbocycles. The first-order chi connectivity index (χ1) is 16.1. The molecular weight excluding hydrogens is 415 g/mol. The number of nitrogens with zero attached hydrogens (tertiary/aromatic N) is 2. The number of carbonyl (C=O) groups is 1. The number of ether oxygens (including phenoxy) is 1. The molecule has 0 bridgehead atoms. The van der Waals surface area contributed by atoms with E-state index in [0.29, 0.717) is 31.8 Å². The number of halogens is 1. The molecule has 3 rings (SSSR count). The quantitative estimate of drug-likeness (QED) is 0.272. The summed E-state index contributed by atoms with van der Waals surface area (Å²) in [4.78, 5) is 15.3. The predicted molar refractivity (Wildman–Crippen MR) is 131 cm³/mol. The molecular formula is C28H35FN2O2. The van der Waals surface area contributed by atoms with Crippen molar-refractivity contribution in [2.24, 2.45) is 0 Å². The van der Waals surface area contributed by atoms with Crippen molar-refractivity contribution in [3.63, 3.8) is 0 Å². The number of amides is 1. The fourth-order valence-corrected chi connectivity index (χ4v) is 3.75. The van der Waals surface area contributed by atoms with Crippen LogP contribution in [0.4, 0.5) is 4.39 Å². The van der Waals surface area contributed by atoms with Gasteiger partial charge in [-0.25, -0.2) is 4.39 Å². The van der Waals surface area contributed by atoms with Crippen molar-refractivity contribution in [1.29, 1.82) is 0 Å². The van der Waals surface area contributed by atoms with Gasteiger partial charge in [-0.15, -0.1) is 0 Å². The van der Waals surface area contributed by atoms with Crippen molar-refractivity contribution in [3.05, 3.63) is 89.5 Å². The monoisotopic (exact) mass is 450 g/mol. The summed E-state index contributed by atoms with van der Waals surface area (Å²) >= 11 is 0. The number of hydrogen-bond acceptors (Lipinski definition) is 2. The zero-order valence-corrected chi connectivity index (χ0v) is 19.8. The molecule has 1 amide bonds. The van der Waals surface area contributed by atoms with Crippen LogP contribution in [-0.4, -0.2) is 28.5 Å². The smallest absolute Gasteiger partial charge is 0.254 e. The predicted octanol–water partition coefficient (Wildman–Crippen LogP) is 6.69. The standard InChI is InChI=1S/C28H35FN2O2/c1-3-5-7-18-31(28(32)24-12-16-27(17-13-24)33-20-6-4-2)22-26-9-8-19-30(26)21-23-10-14-25(29)15-11-23/h8-17,19H,3-7,18,20-22H2,1-2H3. The summed E-state index contributed by atoms with van der Waals surface area (Å²) < 4.78 is 21.1. The summed E-state index contributed by atoms with van der Waals surface area (Å²) in [6.45, 7) is 6.88. The Morgan fingerprint density at radius 2 is 1.67 bits per heavy atom. The SMILES string of the molecule is CCCCCN(Cc1cccn1Cc1ccc(F)cc1)C(=O)c1ccc(OCCCC)cc1. The molecule has 0 atom stereocenters. The molecule has 0 radical (unpaired) electrons. The lowest BCUT2D eigenvalue weighted by Gasteiger charge is -2.24. The van der Waals surface area contributed by atoms with E-state index in [0.717, 1.165) is 49.1 Å². The lowest BCUT2D eigenvalue weighted by molar-refractivity contribution is 0.0736. The molecule has 0 saturated heterocycles. The Hall–Kier alpha value is -3.08. The maximum atomic E-state index is 13.4. The number of rotatable bonds is 13. The van der Waals surface area contributed by atoms with Gasteiger partial charge in [0.2, 0.25) is 0 Å². The Labute approximate surface area is 197 Å². The van der Waals surface area contributed by atoms with E-state index in [1.807, 2.05) is 47.5 Å². The van der Waals surface area contributed by atoms with E-state index in [9.17, 15) is 9.18 Å². The van der Waals surface area contributed by atoms with E-state index in [1.54, 1.807) is 12.1 Å². The van der Waals surface area contributed by atoms with Crippen molar-refractivity contribution >= 4 is 5.91 Å². The van der Waals surface area contributed by atoms with Crippen LogP contribution in [0.15, 0.2) is 66.9 Å². The fourth-order valence-electron chi connectivity index (χ4n) is 3.75. The van der Waals surface area contributed by atoms with E-state index >= 15 is 0 Å². The van der Waals surface area contributed by atoms with Crippen molar-refractivity contribution in [3.8, 4) is 5.75 Å². The van der Waals surface area contributed by atoms with Crippen LogP contribution in [0.1, 0.15) is 67.6 Å². The zero-order valence-electron chi connectivity index (χ0n) is 19.8. The lowest BCUT2D eigenvalue weighted by Crippen LogP contribution is -2.32. The highest BCUT2D eigenvalue weighted by molar-refractivity contribution is 5.94. The van der Waals surface area contributed by atoms with Gasteiger partial charge in [0.1, 0.15) is 11.6 Å². The average molecular weight is 451 g/mol. The molecule has 0 aliphatic rings. The van der Waals surface area contributed by atoms with Gasteiger partial charge in [0.15, 0.2) is 0 Å². The molecule has 0 fully saturated rings. The summed E-state index contributed by atoms with van der Waals surface area (Å²) in [5.74, 6) is 0.590. The van der Waals surface area contributed by atoms with Crippen molar-refractivity contribution in [2.45, 2.75) is 59.0 Å². The van der Waals surface area contributed by atoms with Gasteiger partial charge >= 0.3 is 0 Å². The van der Waals surface area contributed by atoms with Crippen LogP contribution in [-0.2, 0) is 13.1 Å². The van der Waals surface area contributed by atoms with Gasteiger partial charge in [-0.3, -0.25) is 4.79 Å². The summed E-state index contributed by atoms with van der Waals surface area (Å²) in [7, 11) is 0. The van der Waals surface area contributed by atoms with Gasteiger partial charge in [-0.1, -0.05) is 45.2 Å². The van der Waals surface area contributed by atoms with Crippen LogP contribution < -0.4 is 4.74 Å². The maximum Gasteiger partial charge on any atom is 0.254 e. The number of carbonyl (C=O) groups excluding carboxylic acids is 1. The highest BCUT2D eigenvalue weighted by Crippen LogP contribution is 2.18. The molecule has 176 valence electrons. The topological polar surface area (TPSA) is 34.5 Å². The van der Waals surface area contributed by atoms with Crippen molar-refractivity contribution in [1.82, 2.24) is 9.47 Å². The molecule has 5 heteroatoms. The molecule has 0 saturated carbocycles. The molecule has 2 aromatic carbocycles. The number of unbranched alkanes of at least 4 members (excludes halogenated alkanes) is 3. The molecule has 0 unspecified atom stereocenters. The molecule has 33 heavy (non-hydrogen) atoms. The fraction of sp³-hybridized carbons (Fsp3) is 0.393. The molecule has 4 nitrogen and oxygen atoms in total. The minimum absolute atomic E-state index is 0.0285. The van der Waals surface area contributed by atoms with E-state index < -0.39 is 0 Å². The Morgan fingerprint density at radius 3 is 2.36 bits per heavy atom. The number of hydrogen-bond donors (Lipinski definition) is 0. The number of aromatic nitrogens is 1. The minimum atomic E-state index is -0.235. The van der Waals surface area contributed by atoms with Crippen LogP contribution in [0.2, 0.25) is 0 Å². The van der Waals surface area contributed by atoms with Gasteiger partial charge in [-0.2, -0.15) is 0 Å². The Bertz CT molecular complexity index is 980. The highest BCUT2D eigenvalue weighted by atomic mass is 19.1. The van der Waals surface area contributed by atoms with E-state index in [-0.39, 0.29) is 11.7 Å². The van der Waals surface area contributed by atoms with Crippen LogP contribution in [0.25, 0.3) is 0 Å². The second-order valence-corrected chi connectivity index (χ2v) is 8.41. The number of benzene rings is 2. The van der Waals surface area contributed by atoms with Gasteiger partial charge in [0, 0.05) is 30.5 Å². The highest BCUT2D eigenvalue weighted by Gasteiger charge is 2.18. The average Bonchev–Trinajstić information content (AvgIpc) is 3.26. The normalized spacial score (nSPS) is 10.9. The summed E-state index contributed by atoms with van der Waals surface area (Å²) in [6, 6.07) is 18.1. The van der Waals surface area contributed by atoms with Crippen molar-refractivity contribution in [2.75, 3.05) is 13.2 Å². The van der Waals surface area contributed by atoms with Gasteiger partial charge in [-0.05, 0) is 66.9 Å². The van der Waals surface area contributed by atoms with Crippen LogP contribution in [0, 0.1) is 5.82 Å². The summed E-state index contributed by atoms with van der Waals surface area (Å²) in [5.41, 5.74) is 2.76. The first kappa shape index (κ1) is 24.6. The van der Waals surface area contributed by atoms with Gasteiger partial charge < -0.3 is 14.2 Å². The zero-order chi connectivity index (χ0) is 23.5. The molecule has 0 N–H and O–H groups in total. The second kappa shape index (κ2) is 12.8. The first-order valence-corrected chi connectivity index (χ1v) is 12.0. The maximum absolute atomic E-state index is 13.4. The molecule has 3 aromatic rings. The lowest BCUT2D eigenvalue weighted by atomic mass is 10.1. The van der Waals surface area contributed by atoms with E-state index in [2.05, 4.69) is 18.4 Å².